The molecule has 0 fully saturated rings. The topological polar surface area (TPSA) is 25.2 Å². The first-order valence-corrected chi connectivity index (χ1v) is 8.34. The zero-order chi connectivity index (χ0) is 17.2. The molecule has 4 rings (SSSR count). The van der Waals surface area contributed by atoms with Crippen molar-refractivity contribution < 1.29 is 8.81 Å². The smallest absolute Gasteiger partial charge is 0.141 e. The van der Waals surface area contributed by atoms with Gasteiger partial charge in [-0.25, -0.2) is 4.39 Å². The Morgan fingerprint density at radius 2 is 1.76 bits per heavy atom. The Hall–Kier alpha value is -2.78. The van der Waals surface area contributed by atoms with Crippen molar-refractivity contribution >= 4 is 28.1 Å². The lowest BCUT2D eigenvalue weighted by Crippen LogP contribution is -1.98. The molecule has 0 amide bonds. The lowest BCUT2D eigenvalue weighted by atomic mass is 10.1. The second kappa shape index (κ2) is 6.61. The van der Waals surface area contributed by atoms with Gasteiger partial charge in [0.05, 0.1) is 11.6 Å². The normalized spacial score (nSPS) is 11.0. The molecular weight excluding hydrogens is 337 g/mol. The minimum Gasteiger partial charge on any atom is -0.459 e. The van der Waals surface area contributed by atoms with Crippen molar-refractivity contribution in [2.45, 2.75) is 6.54 Å². The highest BCUT2D eigenvalue weighted by atomic mass is 35.5. The van der Waals surface area contributed by atoms with Crippen LogP contribution in [-0.4, -0.2) is 0 Å². The molecule has 0 radical (unpaired) electrons. The molecular formula is C21H15ClFNO. The number of nitrogens with one attached hydrogen (secondary N) is 1. The molecule has 0 saturated carbocycles. The van der Waals surface area contributed by atoms with Gasteiger partial charge in [-0.2, -0.15) is 0 Å². The Morgan fingerprint density at radius 3 is 2.64 bits per heavy atom. The van der Waals surface area contributed by atoms with Gasteiger partial charge in [-0.05, 0) is 41.8 Å². The van der Waals surface area contributed by atoms with Crippen molar-refractivity contribution in [3.8, 4) is 11.3 Å². The van der Waals surface area contributed by atoms with Crippen molar-refractivity contribution in [3.63, 3.8) is 0 Å². The van der Waals surface area contributed by atoms with E-state index in [1.807, 2.05) is 36.4 Å². The minimum atomic E-state index is -0.435. The molecule has 4 aromatic rings. The highest BCUT2D eigenvalue weighted by Gasteiger charge is 2.08. The van der Waals surface area contributed by atoms with Crippen LogP contribution in [0.3, 0.4) is 0 Å². The van der Waals surface area contributed by atoms with Crippen molar-refractivity contribution in [2.75, 3.05) is 5.32 Å². The molecule has 1 heterocycles. The highest BCUT2D eigenvalue weighted by Crippen LogP contribution is 2.28. The number of benzene rings is 3. The Balaban J connectivity index is 1.54. The van der Waals surface area contributed by atoms with E-state index in [0.29, 0.717) is 12.3 Å². The van der Waals surface area contributed by atoms with E-state index in [9.17, 15) is 4.39 Å². The van der Waals surface area contributed by atoms with Crippen LogP contribution in [0.2, 0.25) is 5.02 Å². The fourth-order valence-corrected chi connectivity index (χ4v) is 3.02. The Labute approximate surface area is 149 Å². The molecule has 1 N–H and O–H groups in total. The molecule has 0 unspecified atom stereocenters. The maximum atomic E-state index is 13.3. The molecule has 0 atom stereocenters. The van der Waals surface area contributed by atoms with Gasteiger partial charge in [-0.3, -0.25) is 0 Å². The third-order valence-corrected chi connectivity index (χ3v) is 4.40. The van der Waals surface area contributed by atoms with Crippen LogP contribution in [0.1, 0.15) is 5.76 Å². The van der Waals surface area contributed by atoms with Gasteiger partial charge in [-0.15, -0.1) is 0 Å². The van der Waals surface area contributed by atoms with Crippen LogP contribution >= 0.6 is 11.6 Å². The largest absolute Gasteiger partial charge is 0.459 e. The summed E-state index contributed by atoms with van der Waals surface area (Å²) in [5, 5.41) is 5.85. The fourth-order valence-electron chi connectivity index (χ4n) is 2.84. The molecule has 1 aromatic heterocycles. The lowest BCUT2D eigenvalue weighted by Gasteiger charge is -2.08. The predicted octanol–water partition coefficient (Wildman–Crippen LogP) is 6.50. The summed E-state index contributed by atoms with van der Waals surface area (Å²) in [5.74, 6) is 1.02. The van der Waals surface area contributed by atoms with Crippen LogP contribution in [0, 0.1) is 5.82 Å². The van der Waals surface area contributed by atoms with Crippen LogP contribution in [0.5, 0.6) is 0 Å². The van der Waals surface area contributed by atoms with Gasteiger partial charge in [0.25, 0.3) is 0 Å². The second-order valence-corrected chi connectivity index (χ2v) is 6.18. The Morgan fingerprint density at radius 1 is 0.920 bits per heavy atom. The van der Waals surface area contributed by atoms with Gasteiger partial charge in [0.1, 0.15) is 17.3 Å². The van der Waals surface area contributed by atoms with Gasteiger partial charge in [0, 0.05) is 16.6 Å². The van der Waals surface area contributed by atoms with E-state index < -0.39 is 5.82 Å². The monoisotopic (exact) mass is 351 g/mol. The summed E-state index contributed by atoms with van der Waals surface area (Å²) in [6, 6.07) is 22.7. The summed E-state index contributed by atoms with van der Waals surface area (Å²) < 4.78 is 19.1. The van der Waals surface area contributed by atoms with Crippen LogP contribution in [0.15, 0.2) is 77.2 Å². The molecule has 0 aliphatic carbocycles. The fraction of sp³-hybridized carbons (Fsp3) is 0.0476. The van der Waals surface area contributed by atoms with Crippen LogP contribution in [0.25, 0.3) is 22.1 Å². The molecule has 0 bridgehead atoms. The van der Waals surface area contributed by atoms with Gasteiger partial charge >= 0.3 is 0 Å². The van der Waals surface area contributed by atoms with Gasteiger partial charge in [0.2, 0.25) is 0 Å². The summed E-state index contributed by atoms with van der Waals surface area (Å²) in [5.41, 5.74) is 1.81. The van der Waals surface area contributed by atoms with Crippen LogP contribution in [0.4, 0.5) is 10.1 Å². The number of halogens is 2. The zero-order valence-corrected chi connectivity index (χ0v) is 14.1. The molecule has 0 aliphatic heterocycles. The standard InChI is InChI=1S/C21H15ClFNO/c22-18-12-15(8-10-19(18)23)21-11-9-16(25-21)13-24-20-7-3-5-14-4-1-2-6-17(14)20/h1-12,24H,13H2. The number of rotatable bonds is 4. The number of hydrogen-bond donors (Lipinski definition) is 1. The Kier molecular flexibility index (Phi) is 4.16. The molecule has 25 heavy (non-hydrogen) atoms. The average Bonchev–Trinajstić information content (AvgIpc) is 3.11. The second-order valence-electron chi connectivity index (χ2n) is 5.78. The van der Waals surface area contributed by atoms with E-state index in [2.05, 4.69) is 23.5 Å². The molecule has 0 aliphatic rings. The SMILES string of the molecule is Fc1ccc(-c2ccc(CNc3cccc4ccccc34)o2)cc1Cl. The van der Waals surface area contributed by atoms with E-state index >= 15 is 0 Å². The van der Waals surface area contributed by atoms with Crippen molar-refractivity contribution in [1.82, 2.24) is 0 Å². The van der Waals surface area contributed by atoms with E-state index in [1.54, 1.807) is 12.1 Å². The third kappa shape index (κ3) is 3.24. The minimum absolute atomic E-state index is 0.0873. The summed E-state index contributed by atoms with van der Waals surface area (Å²) in [6.07, 6.45) is 0. The van der Waals surface area contributed by atoms with Gasteiger partial charge in [-0.1, -0.05) is 48.0 Å². The Bertz CT molecular complexity index is 1040. The summed E-state index contributed by atoms with van der Waals surface area (Å²) in [4.78, 5) is 0. The van der Waals surface area contributed by atoms with E-state index in [-0.39, 0.29) is 5.02 Å². The summed E-state index contributed by atoms with van der Waals surface area (Å²) >= 11 is 5.84. The quantitative estimate of drug-likeness (QED) is 0.453. The van der Waals surface area contributed by atoms with E-state index in [0.717, 1.165) is 17.0 Å². The van der Waals surface area contributed by atoms with Crippen molar-refractivity contribution in [3.05, 3.63) is 89.4 Å². The van der Waals surface area contributed by atoms with Crippen molar-refractivity contribution in [2.24, 2.45) is 0 Å². The molecule has 3 aromatic carbocycles. The van der Waals surface area contributed by atoms with Gasteiger partial charge in [0.15, 0.2) is 0 Å². The molecule has 0 saturated heterocycles. The first-order valence-electron chi connectivity index (χ1n) is 7.96. The molecule has 2 nitrogen and oxygen atoms in total. The number of anilines is 1. The molecule has 124 valence electrons. The maximum absolute atomic E-state index is 13.3. The first kappa shape index (κ1) is 15.7. The zero-order valence-electron chi connectivity index (χ0n) is 13.3. The summed E-state index contributed by atoms with van der Waals surface area (Å²) in [7, 11) is 0. The van der Waals surface area contributed by atoms with Crippen LogP contribution in [-0.2, 0) is 6.54 Å². The first-order chi connectivity index (χ1) is 12.2. The highest BCUT2D eigenvalue weighted by molar-refractivity contribution is 6.31. The lowest BCUT2D eigenvalue weighted by molar-refractivity contribution is 0.531. The molecule has 4 heteroatoms. The predicted molar refractivity (Wildman–Crippen MR) is 100 cm³/mol. The average molecular weight is 352 g/mol. The number of furan rings is 1. The number of fused-ring (bicyclic) bond motifs is 1. The summed E-state index contributed by atoms with van der Waals surface area (Å²) in [6.45, 7) is 0.558. The molecule has 0 spiro atoms. The van der Waals surface area contributed by atoms with E-state index in [4.69, 9.17) is 16.0 Å². The third-order valence-electron chi connectivity index (χ3n) is 4.11. The maximum Gasteiger partial charge on any atom is 0.141 e. The van der Waals surface area contributed by atoms with Crippen molar-refractivity contribution in [1.29, 1.82) is 0 Å². The van der Waals surface area contributed by atoms with E-state index in [1.165, 1.54) is 16.8 Å². The number of hydrogen-bond acceptors (Lipinski definition) is 2. The van der Waals surface area contributed by atoms with Crippen LogP contribution < -0.4 is 5.32 Å². The van der Waals surface area contributed by atoms with Gasteiger partial charge < -0.3 is 9.73 Å².